The van der Waals surface area contributed by atoms with Gasteiger partial charge >= 0.3 is 0 Å². The fourth-order valence-electron chi connectivity index (χ4n) is 1.69. The average Bonchev–Trinajstić information content (AvgIpc) is 2.26. The first-order valence-electron chi connectivity index (χ1n) is 5.46. The smallest absolute Gasteiger partial charge is 0.289 e. The van der Waals surface area contributed by atoms with Crippen LogP contribution >= 0.6 is 11.6 Å². The topological polar surface area (TPSA) is 92.6 Å². The number of likely N-dealkylation sites (N-methyl/N-ethyl adjacent to an activating group) is 1. The molecular formula is C10H12ClN3O4S. The van der Waals surface area contributed by atoms with Gasteiger partial charge in [-0.3, -0.25) is 10.1 Å². The van der Waals surface area contributed by atoms with Crippen LogP contribution in [0.5, 0.6) is 0 Å². The summed E-state index contributed by atoms with van der Waals surface area (Å²) < 4.78 is 25.8. The van der Waals surface area contributed by atoms with Gasteiger partial charge in [-0.1, -0.05) is 11.6 Å². The number of hydrogen-bond donors (Lipinski definition) is 1. The van der Waals surface area contributed by atoms with Crippen molar-refractivity contribution in [2.24, 2.45) is 0 Å². The lowest BCUT2D eigenvalue weighted by molar-refractivity contribution is -0.384. The van der Waals surface area contributed by atoms with Crippen molar-refractivity contribution in [1.82, 2.24) is 9.62 Å². The largest absolute Gasteiger partial charge is 0.313 e. The minimum absolute atomic E-state index is 0.0862. The Bertz CT molecular complexity index is 615. The van der Waals surface area contributed by atoms with E-state index in [1.54, 1.807) is 0 Å². The van der Waals surface area contributed by atoms with Crippen LogP contribution in [-0.2, 0) is 10.0 Å². The van der Waals surface area contributed by atoms with Gasteiger partial charge in [0.1, 0.15) is 5.02 Å². The standard InChI is InChI=1S/C10H12ClN3O4S/c1-13(7-5-12-6-7)19(17,18)8-2-3-9(11)10(4-8)14(15)16/h2-4,7,12H,5-6H2,1H3. The van der Waals surface area contributed by atoms with Crippen LogP contribution in [0.3, 0.4) is 0 Å². The first-order valence-corrected chi connectivity index (χ1v) is 7.28. The first kappa shape index (κ1) is 14.2. The van der Waals surface area contributed by atoms with Crippen LogP contribution in [0.2, 0.25) is 5.02 Å². The van der Waals surface area contributed by atoms with E-state index in [1.165, 1.54) is 23.5 Å². The molecule has 1 aliphatic heterocycles. The van der Waals surface area contributed by atoms with Crippen LogP contribution in [-0.4, -0.2) is 43.8 Å². The lowest BCUT2D eigenvalue weighted by Gasteiger charge is -2.34. The second-order valence-corrected chi connectivity index (χ2v) is 6.61. The zero-order valence-electron chi connectivity index (χ0n) is 10.0. The van der Waals surface area contributed by atoms with E-state index in [0.29, 0.717) is 13.1 Å². The maximum atomic E-state index is 12.3. The zero-order valence-corrected chi connectivity index (χ0v) is 11.6. The average molecular weight is 306 g/mol. The lowest BCUT2D eigenvalue weighted by atomic mass is 10.2. The molecule has 0 spiro atoms. The van der Waals surface area contributed by atoms with Gasteiger partial charge in [0.05, 0.1) is 9.82 Å². The van der Waals surface area contributed by atoms with E-state index in [0.717, 1.165) is 6.07 Å². The summed E-state index contributed by atoms with van der Waals surface area (Å²) in [6, 6.07) is 3.35. The first-order chi connectivity index (χ1) is 8.84. The molecule has 1 saturated heterocycles. The van der Waals surface area contributed by atoms with Gasteiger partial charge in [-0.15, -0.1) is 0 Å². The number of halogens is 1. The highest BCUT2D eigenvalue weighted by Gasteiger charge is 2.32. The molecule has 1 N–H and O–H groups in total. The van der Waals surface area contributed by atoms with Crippen molar-refractivity contribution in [3.63, 3.8) is 0 Å². The summed E-state index contributed by atoms with van der Waals surface area (Å²) in [5.41, 5.74) is -0.414. The van der Waals surface area contributed by atoms with Crippen LogP contribution in [0.25, 0.3) is 0 Å². The number of nitro groups is 1. The van der Waals surface area contributed by atoms with E-state index in [9.17, 15) is 18.5 Å². The summed E-state index contributed by atoms with van der Waals surface area (Å²) in [5, 5.41) is 13.7. The Kier molecular flexibility index (Phi) is 3.77. The second-order valence-electron chi connectivity index (χ2n) is 4.20. The normalized spacial score (nSPS) is 16.4. The number of nitrogens with one attached hydrogen (secondary N) is 1. The molecule has 0 amide bonds. The molecule has 0 bridgehead atoms. The molecule has 2 rings (SSSR count). The third-order valence-electron chi connectivity index (χ3n) is 3.07. The number of nitrogens with zero attached hydrogens (tertiary/aromatic N) is 2. The summed E-state index contributed by atoms with van der Waals surface area (Å²) in [4.78, 5) is 9.95. The summed E-state index contributed by atoms with van der Waals surface area (Å²) in [7, 11) is -2.28. The van der Waals surface area contributed by atoms with Crippen molar-refractivity contribution < 1.29 is 13.3 Å². The monoisotopic (exact) mass is 305 g/mol. The predicted molar refractivity (Wildman–Crippen MR) is 69.7 cm³/mol. The Labute approximate surface area is 115 Å². The zero-order chi connectivity index (χ0) is 14.2. The Balaban J connectivity index is 2.40. The molecule has 0 radical (unpaired) electrons. The lowest BCUT2D eigenvalue weighted by Crippen LogP contribution is -2.57. The van der Waals surface area contributed by atoms with Crippen LogP contribution in [0, 0.1) is 10.1 Å². The molecule has 0 aliphatic carbocycles. The van der Waals surface area contributed by atoms with Crippen molar-refractivity contribution in [3.05, 3.63) is 33.3 Å². The number of nitro benzene ring substituents is 1. The summed E-state index contributed by atoms with van der Waals surface area (Å²) >= 11 is 5.66. The summed E-state index contributed by atoms with van der Waals surface area (Å²) in [5.74, 6) is 0. The second kappa shape index (κ2) is 5.04. The molecule has 0 aromatic heterocycles. The maximum absolute atomic E-state index is 12.3. The van der Waals surface area contributed by atoms with E-state index in [1.807, 2.05) is 0 Å². The SMILES string of the molecule is CN(C1CNC1)S(=O)(=O)c1ccc(Cl)c([N+](=O)[O-])c1. The fourth-order valence-corrected chi connectivity index (χ4v) is 3.25. The Hall–Kier alpha value is -1.22. The fraction of sp³-hybridized carbons (Fsp3) is 0.400. The Morgan fingerprint density at radius 1 is 1.47 bits per heavy atom. The van der Waals surface area contributed by atoms with Crippen LogP contribution in [0.4, 0.5) is 5.69 Å². The molecule has 1 aromatic rings. The minimum atomic E-state index is -3.74. The van der Waals surface area contributed by atoms with Gasteiger partial charge in [0.15, 0.2) is 0 Å². The van der Waals surface area contributed by atoms with Crippen molar-refractivity contribution in [2.75, 3.05) is 20.1 Å². The molecule has 0 saturated carbocycles. The number of rotatable bonds is 4. The Morgan fingerprint density at radius 3 is 2.58 bits per heavy atom. The molecule has 0 unspecified atom stereocenters. The molecule has 0 atom stereocenters. The van der Waals surface area contributed by atoms with Gasteiger partial charge in [-0.25, -0.2) is 8.42 Å². The summed E-state index contributed by atoms with van der Waals surface area (Å²) in [6.07, 6.45) is 0. The van der Waals surface area contributed by atoms with Crippen LogP contribution in [0.15, 0.2) is 23.1 Å². The van der Waals surface area contributed by atoms with Gasteiger partial charge in [0.2, 0.25) is 10.0 Å². The van der Waals surface area contributed by atoms with Crippen LogP contribution < -0.4 is 5.32 Å². The minimum Gasteiger partial charge on any atom is -0.313 e. The van der Waals surface area contributed by atoms with Gasteiger partial charge in [0.25, 0.3) is 5.69 Å². The van der Waals surface area contributed by atoms with Crippen molar-refractivity contribution in [3.8, 4) is 0 Å². The van der Waals surface area contributed by atoms with E-state index in [4.69, 9.17) is 11.6 Å². The molecule has 1 aliphatic rings. The number of hydrogen-bond acceptors (Lipinski definition) is 5. The third kappa shape index (κ3) is 2.57. The molecular weight excluding hydrogens is 294 g/mol. The molecule has 9 heteroatoms. The third-order valence-corrected chi connectivity index (χ3v) is 5.29. The Morgan fingerprint density at radius 2 is 2.11 bits per heavy atom. The van der Waals surface area contributed by atoms with Gasteiger partial charge in [-0.05, 0) is 12.1 Å². The molecule has 1 aromatic carbocycles. The van der Waals surface area contributed by atoms with Crippen molar-refractivity contribution in [2.45, 2.75) is 10.9 Å². The highest BCUT2D eigenvalue weighted by Crippen LogP contribution is 2.28. The van der Waals surface area contributed by atoms with E-state index >= 15 is 0 Å². The molecule has 7 nitrogen and oxygen atoms in total. The maximum Gasteiger partial charge on any atom is 0.289 e. The highest BCUT2D eigenvalue weighted by atomic mass is 35.5. The van der Waals surface area contributed by atoms with E-state index in [2.05, 4.69) is 5.32 Å². The van der Waals surface area contributed by atoms with Gasteiger partial charge in [-0.2, -0.15) is 4.31 Å². The quantitative estimate of drug-likeness (QED) is 0.657. The molecule has 19 heavy (non-hydrogen) atoms. The number of benzene rings is 1. The van der Waals surface area contributed by atoms with Crippen LogP contribution in [0.1, 0.15) is 0 Å². The predicted octanol–water partition coefficient (Wildman–Crippen LogP) is 0.841. The molecule has 1 fully saturated rings. The molecule has 104 valence electrons. The van der Waals surface area contributed by atoms with Crippen molar-refractivity contribution in [1.29, 1.82) is 0 Å². The molecule has 1 heterocycles. The number of sulfonamides is 1. The van der Waals surface area contributed by atoms with E-state index in [-0.39, 0.29) is 16.0 Å². The highest BCUT2D eigenvalue weighted by molar-refractivity contribution is 7.89. The van der Waals surface area contributed by atoms with Gasteiger partial charge in [0, 0.05) is 32.2 Å². The van der Waals surface area contributed by atoms with E-state index < -0.39 is 20.6 Å². The van der Waals surface area contributed by atoms with Gasteiger partial charge < -0.3 is 5.32 Å². The summed E-state index contributed by atoms with van der Waals surface area (Å²) in [6.45, 7) is 1.15. The van der Waals surface area contributed by atoms with Crippen molar-refractivity contribution >= 4 is 27.3 Å².